The predicted molar refractivity (Wildman–Crippen MR) is 224 cm³/mol. The third-order valence-electron chi connectivity index (χ3n) is 16.0. The summed E-state index contributed by atoms with van der Waals surface area (Å²) in [4.78, 5) is 25.7. The third-order valence-corrected chi connectivity index (χ3v) is 16.0. The first-order valence-corrected chi connectivity index (χ1v) is 23.3. The van der Waals surface area contributed by atoms with Crippen molar-refractivity contribution in [1.82, 2.24) is 0 Å². The Morgan fingerprint density at radius 1 is 0.800 bits per heavy atom. The van der Waals surface area contributed by atoms with Crippen LogP contribution in [0.2, 0.25) is 0 Å². The minimum Gasteiger partial charge on any atom is -0.494 e. The van der Waals surface area contributed by atoms with Crippen LogP contribution < -0.4 is 9.47 Å². The van der Waals surface area contributed by atoms with Gasteiger partial charge in [0.25, 0.3) is 0 Å². The van der Waals surface area contributed by atoms with Gasteiger partial charge in [0.05, 0.1) is 12.5 Å². The van der Waals surface area contributed by atoms with Gasteiger partial charge in [0.1, 0.15) is 17.6 Å². The average molecular weight is 759 g/mol. The maximum absolute atomic E-state index is 12.9. The van der Waals surface area contributed by atoms with E-state index in [-0.39, 0.29) is 29.4 Å². The Kier molecular flexibility index (Phi) is 14.9. The molecular weight excluding hydrogens is 681 g/mol. The third kappa shape index (κ3) is 10.4. The Labute approximate surface area is 335 Å². The first-order valence-electron chi connectivity index (χ1n) is 23.3. The van der Waals surface area contributed by atoms with Crippen molar-refractivity contribution < 1.29 is 23.8 Å². The average Bonchev–Trinajstić information content (AvgIpc) is 3.53. The Bertz CT molecular complexity index is 1410. The number of carbonyl (C=O) groups is 2. The maximum Gasteiger partial charge on any atom is 0.314 e. The van der Waals surface area contributed by atoms with E-state index in [0.29, 0.717) is 24.2 Å². The number of esters is 2. The smallest absolute Gasteiger partial charge is 0.314 e. The zero-order valence-electron chi connectivity index (χ0n) is 35.9. The normalized spacial score (nSPS) is 33.5. The summed E-state index contributed by atoms with van der Waals surface area (Å²) in [7, 11) is 0. The molecule has 6 rings (SSSR count). The largest absolute Gasteiger partial charge is 0.494 e. The van der Waals surface area contributed by atoms with E-state index < -0.39 is 0 Å². The molecule has 5 aliphatic carbocycles. The van der Waals surface area contributed by atoms with Gasteiger partial charge in [-0.25, -0.2) is 0 Å². The van der Waals surface area contributed by atoms with Crippen LogP contribution in [0.1, 0.15) is 183 Å². The van der Waals surface area contributed by atoms with Gasteiger partial charge in [0.2, 0.25) is 0 Å². The summed E-state index contributed by atoms with van der Waals surface area (Å²) in [6.45, 7) is 15.4. The van der Waals surface area contributed by atoms with Crippen LogP contribution in [0.15, 0.2) is 35.9 Å². The topological polar surface area (TPSA) is 61.8 Å². The zero-order valence-corrected chi connectivity index (χ0v) is 35.9. The summed E-state index contributed by atoms with van der Waals surface area (Å²) >= 11 is 0. The first kappa shape index (κ1) is 42.3. The van der Waals surface area contributed by atoms with Crippen molar-refractivity contribution >= 4 is 11.9 Å². The second-order valence-corrected chi connectivity index (χ2v) is 20.1. The van der Waals surface area contributed by atoms with E-state index in [2.05, 4.69) is 47.6 Å². The molecule has 5 heteroatoms. The Morgan fingerprint density at radius 2 is 1.56 bits per heavy atom. The van der Waals surface area contributed by atoms with Gasteiger partial charge in [-0.2, -0.15) is 0 Å². The molecule has 4 saturated carbocycles. The van der Waals surface area contributed by atoms with Gasteiger partial charge >= 0.3 is 11.9 Å². The van der Waals surface area contributed by atoms with Crippen LogP contribution in [-0.4, -0.2) is 24.6 Å². The lowest BCUT2D eigenvalue weighted by molar-refractivity contribution is -0.151. The highest BCUT2D eigenvalue weighted by molar-refractivity contribution is 5.75. The molecule has 0 unspecified atom stereocenters. The molecule has 0 aliphatic heterocycles. The lowest BCUT2D eigenvalue weighted by atomic mass is 9.47. The van der Waals surface area contributed by atoms with Crippen LogP contribution in [0.25, 0.3) is 0 Å². The van der Waals surface area contributed by atoms with Gasteiger partial charge in [-0.15, -0.1) is 0 Å². The van der Waals surface area contributed by atoms with E-state index in [1.54, 1.807) is 5.57 Å². The van der Waals surface area contributed by atoms with Gasteiger partial charge in [-0.1, -0.05) is 98.1 Å². The van der Waals surface area contributed by atoms with Crippen molar-refractivity contribution in [2.24, 2.45) is 58.2 Å². The fourth-order valence-electron chi connectivity index (χ4n) is 12.7. The summed E-state index contributed by atoms with van der Waals surface area (Å²) in [6.07, 6.45) is 28.1. The number of hydrogen-bond acceptors (Lipinski definition) is 5. The summed E-state index contributed by atoms with van der Waals surface area (Å²) in [5.74, 6) is 7.04. The van der Waals surface area contributed by atoms with Crippen molar-refractivity contribution in [2.45, 2.75) is 189 Å². The molecule has 0 saturated heterocycles. The van der Waals surface area contributed by atoms with Crippen LogP contribution in [0.5, 0.6) is 11.5 Å². The first-order chi connectivity index (χ1) is 26.5. The van der Waals surface area contributed by atoms with E-state index in [4.69, 9.17) is 14.2 Å². The minimum atomic E-state index is -0.0922. The molecule has 0 spiro atoms. The number of ether oxygens (including phenoxy) is 3. The number of fused-ring (bicyclic) bond motifs is 5. The van der Waals surface area contributed by atoms with Gasteiger partial charge < -0.3 is 14.2 Å². The Balaban J connectivity index is 0.874. The number of allylic oxidation sites excluding steroid dienone is 1. The number of hydrogen-bond donors (Lipinski definition) is 0. The number of unbranched alkanes of at least 4 members (excludes halogenated alkanes) is 3. The molecule has 0 radical (unpaired) electrons. The van der Waals surface area contributed by atoms with Gasteiger partial charge in [0.15, 0.2) is 0 Å². The van der Waals surface area contributed by atoms with Gasteiger partial charge in [-0.3, -0.25) is 9.59 Å². The van der Waals surface area contributed by atoms with Crippen LogP contribution in [-0.2, 0) is 14.3 Å². The van der Waals surface area contributed by atoms with Crippen molar-refractivity contribution in [2.75, 3.05) is 6.61 Å². The molecule has 1 aromatic rings. The van der Waals surface area contributed by atoms with Crippen molar-refractivity contribution in [3.63, 3.8) is 0 Å². The van der Waals surface area contributed by atoms with E-state index in [9.17, 15) is 9.59 Å². The molecule has 4 fully saturated rings. The predicted octanol–water partition coefficient (Wildman–Crippen LogP) is 13.5. The summed E-state index contributed by atoms with van der Waals surface area (Å²) in [5, 5.41) is 0. The molecule has 1 aromatic carbocycles. The zero-order chi connectivity index (χ0) is 39.0. The summed E-state index contributed by atoms with van der Waals surface area (Å²) in [6, 6.07) is 7.38. The maximum atomic E-state index is 12.9. The molecule has 0 aromatic heterocycles. The fourth-order valence-corrected chi connectivity index (χ4v) is 12.7. The van der Waals surface area contributed by atoms with Crippen molar-refractivity contribution in [3.8, 4) is 11.5 Å². The molecule has 0 amide bonds. The monoisotopic (exact) mass is 759 g/mol. The highest BCUT2D eigenvalue weighted by Crippen LogP contribution is 2.67. The van der Waals surface area contributed by atoms with E-state index in [1.807, 2.05) is 24.3 Å². The lowest BCUT2D eigenvalue weighted by Gasteiger charge is -2.58. The van der Waals surface area contributed by atoms with Crippen molar-refractivity contribution in [3.05, 3.63) is 35.9 Å². The molecule has 55 heavy (non-hydrogen) atoms. The molecular formula is C50H78O5. The highest BCUT2D eigenvalue weighted by Gasteiger charge is 2.59. The minimum absolute atomic E-state index is 0.0206. The molecule has 5 nitrogen and oxygen atoms in total. The van der Waals surface area contributed by atoms with E-state index >= 15 is 0 Å². The molecule has 0 bridgehead atoms. The SMILES string of the molecule is CCCCCC1CCC(C(=O)Oc2ccc(OCCCCC(=O)O[C@H]3CC[C@@]4(C)C(=CC[C@H]5[C@@H]6CC[C@H]([C@H](C)CCCC(C)C)[C@@]6(C)CC[C@@H]54)C3)cc2)CC1. The summed E-state index contributed by atoms with van der Waals surface area (Å²) in [5.41, 5.74) is 2.39. The van der Waals surface area contributed by atoms with Gasteiger partial charge in [0, 0.05) is 12.8 Å². The number of carbonyl (C=O) groups excluding carboxylic acids is 2. The second-order valence-electron chi connectivity index (χ2n) is 20.1. The van der Waals surface area contributed by atoms with Crippen molar-refractivity contribution in [1.29, 1.82) is 0 Å². The lowest BCUT2D eigenvalue weighted by Crippen LogP contribution is -2.51. The molecule has 0 heterocycles. The standard InChI is InChI=1S/C50H78O5/c1-7-8-9-15-37-17-19-38(20-18-37)48(52)55-41-24-22-40(23-25-41)53-33-11-10-16-47(51)54-42-29-31-49(5)39(34-42)21-26-43-45-28-27-44(36(4)14-12-13-35(2)3)50(45,6)32-30-46(43)49/h21-25,35-38,42-46H,7-20,26-34H2,1-6H3/t36-,37?,38?,42+,43+,44-,45+,46+,49+,50-/m1/s1. The quantitative estimate of drug-likeness (QED) is 0.0646. The molecule has 0 N–H and O–H groups in total. The van der Waals surface area contributed by atoms with Crippen LogP contribution >= 0.6 is 0 Å². The van der Waals surface area contributed by atoms with Crippen LogP contribution in [0.4, 0.5) is 0 Å². The highest BCUT2D eigenvalue weighted by atomic mass is 16.5. The van der Waals surface area contributed by atoms with E-state index in [0.717, 1.165) is 105 Å². The Hall–Kier alpha value is -2.30. The van der Waals surface area contributed by atoms with E-state index in [1.165, 1.54) is 77.0 Å². The van der Waals surface area contributed by atoms with Crippen LogP contribution in [0, 0.1) is 58.2 Å². The molecule has 308 valence electrons. The summed E-state index contributed by atoms with van der Waals surface area (Å²) < 4.78 is 17.8. The second kappa shape index (κ2) is 19.4. The molecule has 5 aliphatic rings. The molecule has 8 atom stereocenters. The van der Waals surface area contributed by atoms with Gasteiger partial charge in [-0.05, 0) is 160 Å². The van der Waals surface area contributed by atoms with Crippen LogP contribution in [0.3, 0.4) is 0 Å². The number of rotatable bonds is 18. The fraction of sp³-hybridized carbons (Fsp3) is 0.800. The number of benzene rings is 1. The Morgan fingerprint density at radius 3 is 2.31 bits per heavy atom.